The van der Waals surface area contributed by atoms with Gasteiger partial charge in [-0.1, -0.05) is 17.3 Å². The van der Waals surface area contributed by atoms with Crippen LogP contribution in [0.4, 0.5) is 5.95 Å². The van der Waals surface area contributed by atoms with E-state index in [2.05, 4.69) is 15.1 Å². The number of amidine groups is 1. The molecule has 110 valence electrons. The fourth-order valence-corrected chi connectivity index (χ4v) is 1.84. The molecule has 1 heterocycles. The van der Waals surface area contributed by atoms with Gasteiger partial charge < -0.3 is 20.6 Å². The van der Waals surface area contributed by atoms with E-state index in [1.807, 2.05) is 36.2 Å². The molecule has 0 aliphatic rings. The summed E-state index contributed by atoms with van der Waals surface area (Å²) in [5.41, 5.74) is 6.97. The first-order chi connectivity index (χ1) is 10.1. The average molecular weight is 287 g/mol. The Kier molecular flexibility index (Phi) is 4.55. The maximum absolute atomic E-state index is 8.69. The third-order valence-electron chi connectivity index (χ3n) is 2.91. The van der Waals surface area contributed by atoms with Gasteiger partial charge >= 0.3 is 0 Å². The largest absolute Gasteiger partial charge is 0.497 e. The molecule has 7 heteroatoms. The number of rotatable bonds is 5. The van der Waals surface area contributed by atoms with Crippen molar-refractivity contribution in [2.24, 2.45) is 10.9 Å². The second-order valence-corrected chi connectivity index (χ2v) is 4.43. The van der Waals surface area contributed by atoms with Crippen molar-refractivity contribution in [2.45, 2.75) is 6.54 Å². The highest BCUT2D eigenvalue weighted by atomic mass is 16.5. The number of hydrogen-bond acceptors (Lipinski definition) is 6. The van der Waals surface area contributed by atoms with Crippen LogP contribution in [0.5, 0.6) is 5.75 Å². The van der Waals surface area contributed by atoms with Crippen molar-refractivity contribution in [3.05, 3.63) is 47.8 Å². The SMILES string of the molecule is COc1cccc(CN(C)c2nccc(/C(N)=N/O)n2)c1. The topological polar surface area (TPSA) is 96.9 Å². The number of hydrogen-bond donors (Lipinski definition) is 2. The highest BCUT2D eigenvalue weighted by molar-refractivity contribution is 5.95. The molecule has 21 heavy (non-hydrogen) atoms. The molecule has 1 aromatic carbocycles. The van der Waals surface area contributed by atoms with Crippen LogP contribution in [0.2, 0.25) is 0 Å². The predicted molar refractivity (Wildman–Crippen MR) is 79.6 cm³/mol. The Hall–Kier alpha value is -2.83. The molecule has 0 saturated heterocycles. The molecule has 2 aromatic rings. The highest BCUT2D eigenvalue weighted by Crippen LogP contribution is 2.16. The van der Waals surface area contributed by atoms with Gasteiger partial charge in [0.1, 0.15) is 11.4 Å². The molecule has 3 N–H and O–H groups in total. The fourth-order valence-electron chi connectivity index (χ4n) is 1.84. The molecule has 0 bridgehead atoms. The molecule has 0 aliphatic heterocycles. The number of aromatic nitrogens is 2. The standard InChI is InChI=1S/C14H17N5O2/c1-19(9-10-4-3-5-11(8-10)21-2)14-16-7-6-12(17-14)13(15)18-20/h3-8,20H,9H2,1-2H3,(H2,15,18). The maximum Gasteiger partial charge on any atom is 0.226 e. The van der Waals surface area contributed by atoms with E-state index in [4.69, 9.17) is 15.7 Å². The number of ether oxygens (including phenoxy) is 1. The Morgan fingerprint density at radius 3 is 2.95 bits per heavy atom. The lowest BCUT2D eigenvalue weighted by Crippen LogP contribution is -2.22. The number of anilines is 1. The molecule has 0 amide bonds. The summed E-state index contributed by atoms with van der Waals surface area (Å²) in [5, 5.41) is 11.6. The molecule has 1 aromatic heterocycles. The number of nitrogens with two attached hydrogens (primary N) is 1. The van der Waals surface area contributed by atoms with Crippen molar-refractivity contribution >= 4 is 11.8 Å². The summed E-state index contributed by atoms with van der Waals surface area (Å²) >= 11 is 0. The number of benzene rings is 1. The van der Waals surface area contributed by atoms with Crippen molar-refractivity contribution in [1.29, 1.82) is 0 Å². The second kappa shape index (κ2) is 6.56. The monoisotopic (exact) mass is 287 g/mol. The summed E-state index contributed by atoms with van der Waals surface area (Å²) in [6, 6.07) is 9.34. The molecule has 0 spiro atoms. The Bertz CT molecular complexity index is 645. The number of nitrogens with zero attached hydrogens (tertiary/aromatic N) is 4. The Morgan fingerprint density at radius 2 is 2.24 bits per heavy atom. The van der Waals surface area contributed by atoms with Crippen LogP contribution < -0.4 is 15.4 Å². The Balaban J connectivity index is 2.18. The molecular weight excluding hydrogens is 270 g/mol. The zero-order valence-electron chi connectivity index (χ0n) is 11.9. The van der Waals surface area contributed by atoms with Gasteiger partial charge in [-0.3, -0.25) is 0 Å². The molecule has 0 atom stereocenters. The minimum atomic E-state index is -0.0477. The Labute approximate surface area is 122 Å². The summed E-state index contributed by atoms with van der Waals surface area (Å²) in [4.78, 5) is 10.3. The van der Waals surface area contributed by atoms with Gasteiger partial charge in [-0.05, 0) is 23.8 Å². The van der Waals surface area contributed by atoms with Crippen LogP contribution in [0.3, 0.4) is 0 Å². The van der Waals surface area contributed by atoms with E-state index >= 15 is 0 Å². The summed E-state index contributed by atoms with van der Waals surface area (Å²) in [5.74, 6) is 1.24. The van der Waals surface area contributed by atoms with Crippen molar-refractivity contribution in [2.75, 3.05) is 19.1 Å². The van der Waals surface area contributed by atoms with Gasteiger partial charge in [-0.2, -0.15) is 0 Å². The molecule has 0 aliphatic carbocycles. The summed E-state index contributed by atoms with van der Waals surface area (Å²) in [6.07, 6.45) is 1.57. The van der Waals surface area contributed by atoms with Crippen LogP contribution in [0.1, 0.15) is 11.3 Å². The van der Waals surface area contributed by atoms with Crippen molar-refractivity contribution < 1.29 is 9.94 Å². The van der Waals surface area contributed by atoms with E-state index in [0.717, 1.165) is 11.3 Å². The minimum absolute atomic E-state index is 0.0477. The van der Waals surface area contributed by atoms with Gasteiger partial charge in [0.2, 0.25) is 5.95 Å². The Morgan fingerprint density at radius 1 is 1.43 bits per heavy atom. The maximum atomic E-state index is 8.69. The predicted octanol–water partition coefficient (Wildman–Crippen LogP) is 1.22. The lowest BCUT2D eigenvalue weighted by Gasteiger charge is -2.17. The molecule has 2 rings (SSSR count). The van der Waals surface area contributed by atoms with E-state index in [9.17, 15) is 0 Å². The summed E-state index contributed by atoms with van der Waals surface area (Å²) < 4.78 is 5.20. The van der Waals surface area contributed by atoms with Crippen molar-refractivity contribution in [1.82, 2.24) is 9.97 Å². The molecule has 0 radical (unpaired) electrons. The van der Waals surface area contributed by atoms with Crippen LogP contribution in [0, 0.1) is 0 Å². The zero-order valence-corrected chi connectivity index (χ0v) is 11.9. The van der Waals surface area contributed by atoms with Crippen LogP contribution >= 0.6 is 0 Å². The van der Waals surface area contributed by atoms with E-state index < -0.39 is 0 Å². The van der Waals surface area contributed by atoms with Gasteiger partial charge in [-0.15, -0.1) is 0 Å². The quantitative estimate of drug-likeness (QED) is 0.371. The van der Waals surface area contributed by atoms with Gasteiger partial charge in [0.15, 0.2) is 5.84 Å². The van der Waals surface area contributed by atoms with Gasteiger partial charge in [0.25, 0.3) is 0 Å². The first kappa shape index (κ1) is 14.6. The van der Waals surface area contributed by atoms with Gasteiger partial charge in [-0.25, -0.2) is 9.97 Å². The summed E-state index contributed by atoms with van der Waals surface area (Å²) in [7, 11) is 3.50. The van der Waals surface area contributed by atoms with E-state index in [1.54, 1.807) is 19.4 Å². The van der Waals surface area contributed by atoms with Crippen LogP contribution in [0.25, 0.3) is 0 Å². The van der Waals surface area contributed by atoms with Crippen molar-refractivity contribution in [3.63, 3.8) is 0 Å². The first-order valence-electron chi connectivity index (χ1n) is 6.29. The molecule has 0 saturated carbocycles. The van der Waals surface area contributed by atoms with E-state index in [0.29, 0.717) is 18.2 Å². The molecular formula is C14H17N5O2. The van der Waals surface area contributed by atoms with E-state index in [-0.39, 0.29) is 5.84 Å². The van der Waals surface area contributed by atoms with Crippen LogP contribution in [-0.4, -0.2) is 35.2 Å². The average Bonchev–Trinajstić information content (AvgIpc) is 2.54. The molecule has 7 nitrogen and oxygen atoms in total. The number of methoxy groups -OCH3 is 1. The minimum Gasteiger partial charge on any atom is -0.497 e. The van der Waals surface area contributed by atoms with Gasteiger partial charge in [0.05, 0.1) is 7.11 Å². The number of oxime groups is 1. The third-order valence-corrected chi connectivity index (χ3v) is 2.91. The van der Waals surface area contributed by atoms with Gasteiger partial charge in [0, 0.05) is 19.8 Å². The smallest absolute Gasteiger partial charge is 0.226 e. The third kappa shape index (κ3) is 3.59. The normalized spacial score (nSPS) is 11.2. The second-order valence-electron chi connectivity index (χ2n) is 4.43. The fraction of sp³-hybridized carbons (Fsp3) is 0.214. The van der Waals surface area contributed by atoms with Crippen LogP contribution in [-0.2, 0) is 6.54 Å². The first-order valence-corrected chi connectivity index (χ1v) is 6.29. The van der Waals surface area contributed by atoms with Crippen LogP contribution in [0.15, 0.2) is 41.7 Å². The lowest BCUT2D eigenvalue weighted by atomic mass is 10.2. The lowest BCUT2D eigenvalue weighted by molar-refractivity contribution is 0.318. The molecule has 0 unspecified atom stereocenters. The van der Waals surface area contributed by atoms with Crippen molar-refractivity contribution in [3.8, 4) is 5.75 Å². The van der Waals surface area contributed by atoms with E-state index in [1.165, 1.54) is 0 Å². The molecule has 0 fully saturated rings. The highest BCUT2D eigenvalue weighted by Gasteiger charge is 2.09. The zero-order chi connectivity index (χ0) is 15.2. The summed E-state index contributed by atoms with van der Waals surface area (Å²) in [6.45, 7) is 0.608.